The third kappa shape index (κ3) is 1.56. The van der Waals surface area contributed by atoms with Gasteiger partial charge in [0.25, 0.3) is 11.1 Å². The summed E-state index contributed by atoms with van der Waals surface area (Å²) in [6.45, 7) is 1.40. The first-order valence-corrected chi connectivity index (χ1v) is 5.77. The number of aromatic nitrogens is 4. The van der Waals surface area contributed by atoms with Crippen molar-refractivity contribution < 1.29 is 4.79 Å². The van der Waals surface area contributed by atoms with Gasteiger partial charge in [0.15, 0.2) is 11.3 Å². The molecule has 1 aliphatic rings. The van der Waals surface area contributed by atoms with Crippen LogP contribution in [-0.4, -0.2) is 25.3 Å². The second-order valence-electron chi connectivity index (χ2n) is 4.50. The number of carbonyl (C=O) groups is 1. The van der Waals surface area contributed by atoms with Crippen molar-refractivity contribution in [3.63, 3.8) is 0 Å². The number of nitrogens with one attached hydrogen (secondary N) is 2. The van der Waals surface area contributed by atoms with Crippen LogP contribution in [0.25, 0.3) is 11.0 Å². The van der Waals surface area contributed by atoms with E-state index >= 15 is 0 Å². The molecular formula is C11H10N4O4. The van der Waals surface area contributed by atoms with Crippen LogP contribution in [0.2, 0.25) is 0 Å². The maximum Gasteiger partial charge on any atom is 0.326 e. The molecule has 0 radical (unpaired) electrons. The predicted octanol–water partition coefficient (Wildman–Crippen LogP) is -1.15. The smallest absolute Gasteiger partial charge is 0.301 e. The van der Waals surface area contributed by atoms with E-state index in [1.54, 1.807) is 0 Å². The van der Waals surface area contributed by atoms with Gasteiger partial charge in [0.05, 0.1) is 6.04 Å². The van der Waals surface area contributed by atoms with Crippen LogP contribution in [0, 0.1) is 0 Å². The van der Waals surface area contributed by atoms with Crippen molar-refractivity contribution in [3.8, 4) is 0 Å². The van der Waals surface area contributed by atoms with Crippen LogP contribution in [0.3, 0.4) is 0 Å². The van der Waals surface area contributed by atoms with Crippen molar-refractivity contribution in [2.45, 2.75) is 25.8 Å². The van der Waals surface area contributed by atoms with Gasteiger partial charge in [-0.25, -0.2) is 9.78 Å². The van der Waals surface area contributed by atoms with Gasteiger partial charge in [-0.1, -0.05) is 0 Å². The Hall–Kier alpha value is -2.51. The molecular weight excluding hydrogens is 252 g/mol. The van der Waals surface area contributed by atoms with E-state index in [9.17, 15) is 19.2 Å². The van der Waals surface area contributed by atoms with Crippen molar-refractivity contribution in [1.82, 2.24) is 19.5 Å². The van der Waals surface area contributed by atoms with Gasteiger partial charge in [-0.05, 0) is 13.3 Å². The highest BCUT2D eigenvalue weighted by Gasteiger charge is 2.29. The fourth-order valence-corrected chi connectivity index (χ4v) is 2.44. The monoisotopic (exact) mass is 262 g/mol. The summed E-state index contributed by atoms with van der Waals surface area (Å²) in [4.78, 5) is 55.0. The number of Topliss-reactive ketones (excluding diaryl/α,β-unsaturated/α-hetero) is 1. The molecule has 2 aromatic heterocycles. The predicted molar refractivity (Wildman–Crippen MR) is 65.3 cm³/mol. The normalized spacial score (nSPS) is 17.6. The van der Waals surface area contributed by atoms with Gasteiger partial charge in [0, 0.05) is 6.42 Å². The Balaban J connectivity index is 2.48. The van der Waals surface area contributed by atoms with E-state index < -0.39 is 22.9 Å². The van der Waals surface area contributed by atoms with Crippen LogP contribution in [0.5, 0.6) is 0 Å². The summed E-state index contributed by atoms with van der Waals surface area (Å²) in [6.07, 6.45) is 0.935. The number of aryl methyl sites for hydroxylation is 1. The molecule has 8 heteroatoms. The number of H-pyrrole nitrogens is 2. The Morgan fingerprint density at radius 1 is 1.32 bits per heavy atom. The Morgan fingerprint density at radius 2 is 2.05 bits per heavy atom. The highest BCUT2D eigenvalue weighted by molar-refractivity contribution is 5.81. The summed E-state index contributed by atoms with van der Waals surface area (Å²) in [7, 11) is 0. The molecule has 1 unspecified atom stereocenters. The van der Waals surface area contributed by atoms with Crippen molar-refractivity contribution in [3.05, 3.63) is 37.0 Å². The summed E-state index contributed by atoms with van der Waals surface area (Å²) in [5, 5.41) is 0. The van der Waals surface area contributed by atoms with Crippen LogP contribution in [0.15, 0.2) is 14.4 Å². The molecule has 19 heavy (non-hydrogen) atoms. The Morgan fingerprint density at radius 3 is 2.74 bits per heavy atom. The van der Waals surface area contributed by atoms with E-state index in [4.69, 9.17) is 0 Å². The van der Waals surface area contributed by atoms with Crippen molar-refractivity contribution in [2.75, 3.05) is 0 Å². The Kier molecular flexibility index (Phi) is 2.28. The molecule has 0 saturated heterocycles. The van der Waals surface area contributed by atoms with Crippen LogP contribution in [0.1, 0.15) is 25.2 Å². The average Bonchev–Trinajstić information content (AvgIpc) is 2.75. The fourth-order valence-electron chi connectivity index (χ4n) is 2.44. The summed E-state index contributed by atoms with van der Waals surface area (Å²) < 4.78 is 1.26. The minimum Gasteiger partial charge on any atom is -0.301 e. The quantitative estimate of drug-likeness (QED) is 0.672. The van der Waals surface area contributed by atoms with Crippen molar-refractivity contribution >= 4 is 16.8 Å². The number of nitrogens with zero attached hydrogens (tertiary/aromatic N) is 2. The Bertz CT molecular complexity index is 873. The largest absolute Gasteiger partial charge is 0.326 e. The second kappa shape index (κ2) is 3.74. The van der Waals surface area contributed by atoms with Crippen LogP contribution in [0.4, 0.5) is 0 Å². The highest BCUT2D eigenvalue weighted by Crippen LogP contribution is 2.23. The molecule has 0 amide bonds. The molecule has 1 atom stereocenters. The first kappa shape index (κ1) is 11.6. The molecule has 8 nitrogen and oxygen atoms in total. The first-order chi connectivity index (χ1) is 8.99. The lowest BCUT2D eigenvalue weighted by Crippen LogP contribution is -2.33. The maximum absolute atomic E-state index is 12.3. The zero-order chi connectivity index (χ0) is 13.7. The number of hydrogen-bond donors (Lipinski definition) is 2. The molecule has 0 saturated carbocycles. The Labute approximate surface area is 105 Å². The van der Waals surface area contributed by atoms with Gasteiger partial charge in [0.2, 0.25) is 0 Å². The van der Waals surface area contributed by atoms with E-state index in [2.05, 4.69) is 9.97 Å². The SMILES string of the molecule is CC(=O)C1CCc2nc3c(=O)[nH]c(=O)[nH]c3c(=O)n21. The lowest BCUT2D eigenvalue weighted by Gasteiger charge is -2.10. The lowest BCUT2D eigenvalue weighted by atomic mass is 10.1. The van der Waals surface area contributed by atoms with Crippen LogP contribution >= 0.6 is 0 Å². The number of hydrogen-bond acceptors (Lipinski definition) is 5. The molecule has 0 fully saturated rings. The van der Waals surface area contributed by atoms with E-state index in [0.29, 0.717) is 18.7 Å². The van der Waals surface area contributed by atoms with Crippen molar-refractivity contribution in [2.24, 2.45) is 0 Å². The molecule has 2 aromatic rings. The fraction of sp³-hybridized carbons (Fsp3) is 0.364. The topological polar surface area (TPSA) is 118 Å². The lowest BCUT2D eigenvalue weighted by molar-refractivity contribution is -0.119. The summed E-state index contributed by atoms with van der Waals surface area (Å²) in [5.74, 6) is 0.254. The molecule has 1 aliphatic heterocycles. The zero-order valence-electron chi connectivity index (χ0n) is 10.0. The average molecular weight is 262 g/mol. The molecule has 0 aliphatic carbocycles. The molecule has 3 heterocycles. The molecule has 0 aromatic carbocycles. The number of aromatic amines is 2. The van der Waals surface area contributed by atoms with Gasteiger partial charge in [-0.3, -0.25) is 23.9 Å². The minimum absolute atomic E-state index is 0.0972. The second-order valence-corrected chi connectivity index (χ2v) is 4.50. The van der Waals surface area contributed by atoms with Crippen LogP contribution in [-0.2, 0) is 11.2 Å². The summed E-state index contributed by atoms with van der Waals surface area (Å²) in [6, 6.07) is -0.567. The summed E-state index contributed by atoms with van der Waals surface area (Å²) >= 11 is 0. The zero-order valence-corrected chi connectivity index (χ0v) is 10.0. The van der Waals surface area contributed by atoms with Gasteiger partial charge in [-0.15, -0.1) is 0 Å². The van der Waals surface area contributed by atoms with Crippen LogP contribution < -0.4 is 16.8 Å². The molecule has 0 bridgehead atoms. The van der Waals surface area contributed by atoms with Gasteiger partial charge < -0.3 is 4.98 Å². The number of rotatable bonds is 1. The molecule has 0 spiro atoms. The third-order valence-electron chi connectivity index (χ3n) is 3.29. The minimum atomic E-state index is -0.769. The van der Waals surface area contributed by atoms with Gasteiger partial charge >= 0.3 is 5.69 Å². The molecule has 2 N–H and O–H groups in total. The summed E-state index contributed by atoms with van der Waals surface area (Å²) in [5.41, 5.74) is -2.29. The first-order valence-electron chi connectivity index (χ1n) is 5.77. The van der Waals surface area contributed by atoms with Gasteiger partial charge in [0.1, 0.15) is 11.3 Å². The van der Waals surface area contributed by atoms with E-state index in [0.717, 1.165) is 0 Å². The highest BCUT2D eigenvalue weighted by atomic mass is 16.2. The van der Waals surface area contributed by atoms with Gasteiger partial charge in [-0.2, -0.15) is 0 Å². The van der Waals surface area contributed by atoms with E-state index in [-0.39, 0.29) is 16.8 Å². The molecule has 98 valence electrons. The third-order valence-corrected chi connectivity index (χ3v) is 3.29. The van der Waals surface area contributed by atoms with E-state index in [1.807, 2.05) is 4.98 Å². The standard InChI is InChI=1S/C11H10N4O4/c1-4(16)5-2-3-6-12-7-8(10(18)15(5)6)13-11(19)14-9(7)17/h5H,2-3H2,1H3,(H2,13,14,17,19). The molecule has 3 rings (SSSR count). The maximum atomic E-state index is 12.3. The number of ketones is 1. The van der Waals surface area contributed by atoms with Crippen molar-refractivity contribution in [1.29, 1.82) is 0 Å². The van der Waals surface area contributed by atoms with E-state index in [1.165, 1.54) is 11.5 Å². The number of fused-ring (bicyclic) bond motifs is 2. The number of carbonyl (C=O) groups excluding carboxylic acids is 1.